The molecule has 2 aromatic heterocycles. The van der Waals surface area contributed by atoms with Crippen molar-refractivity contribution in [3.05, 3.63) is 85.5 Å². The van der Waals surface area contributed by atoms with Gasteiger partial charge in [-0.2, -0.15) is 0 Å². The van der Waals surface area contributed by atoms with Crippen LogP contribution in [0.15, 0.2) is 63.3 Å². The Labute approximate surface area is 203 Å². The Morgan fingerprint density at radius 1 is 1.03 bits per heavy atom. The Morgan fingerprint density at radius 3 is 2.38 bits per heavy atom. The Bertz CT molecular complexity index is 1520. The number of nitrogen functional groups attached to an aromatic ring is 1. The second kappa shape index (κ2) is 9.32. The van der Waals surface area contributed by atoms with Crippen molar-refractivity contribution in [1.82, 2.24) is 23.9 Å². The molecule has 2 heterocycles. The van der Waals surface area contributed by atoms with Crippen LogP contribution in [0.25, 0.3) is 17.1 Å². The summed E-state index contributed by atoms with van der Waals surface area (Å²) in [7, 11) is 2.72. The summed E-state index contributed by atoms with van der Waals surface area (Å²) in [5.74, 6) is -0.215. The van der Waals surface area contributed by atoms with Crippen LogP contribution in [0.3, 0.4) is 0 Å². The van der Waals surface area contributed by atoms with Crippen molar-refractivity contribution in [3.8, 4) is 17.1 Å². The van der Waals surface area contributed by atoms with Gasteiger partial charge < -0.3 is 5.73 Å². The number of hydrogen-bond donors (Lipinski definition) is 1. The van der Waals surface area contributed by atoms with Crippen LogP contribution in [0.1, 0.15) is 15.9 Å². The molecule has 0 spiro atoms. The molecule has 0 aliphatic rings. The van der Waals surface area contributed by atoms with Crippen molar-refractivity contribution in [3.63, 3.8) is 0 Å². The summed E-state index contributed by atoms with van der Waals surface area (Å²) in [4.78, 5) is 37.6. The van der Waals surface area contributed by atoms with E-state index in [4.69, 9.17) is 17.3 Å². The monoisotopic (exact) mass is 496 g/mol. The lowest BCUT2D eigenvalue weighted by molar-refractivity contribution is 0.102. The SMILES string of the molecule is Cc1ccccc1-n1c(SCC(=O)c2c(N)n(C)c(=O)n(C)c2=O)nnc1-c1ccc(Cl)cc1. The Balaban J connectivity index is 1.75. The summed E-state index contributed by atoms with van der Waals surface area (Å²) in [5, 5.41) is 9.74. The number of anilines is 1. The minimum absolute atomic E-state index is 0.123. The average Bonchev–Trinajstić information content (AvgIpc) is 3.24. The molecule has 174 valence electrons. The first kappa shape index (κ1) is 23.5. The highest BCUT2D eigenvalue weighted by Gasteiger charge is 2.23. The minimum Gasteiger partial charge on any atom is -0.384 e. The van der Waals surface area contributed by atoms with Crippen molar-refractivity contribution in [2.24, 2.45) is 14.1 Å². The standard InChI is InChI=1S/C23H21ClN6O3S/c1-13-6-4-5-7-16(13)30-20(14-8-10-15(24)11-9-14)26-27-22(30)34-12-17(31)18-19(25)28(2)23(33)29(3)21(18)32/h4-11H,12,25H2,1-3H3. The molecule has 0 fully saturated rings. The van der Waals surface area contributed by atoms with Gasteiger partial charge in [0.25, 0.3) is 5.56 Å². The number of aromatic nitrogens is 5. The molecule has 0 aliphatic heterocycles. The van der Waals surface area contributed by atoms with Crippen LogP contribution in [0.5, 0.6) is 0 Å². The third-order valence-corrected chi connectivity index (χ3v) is 6.59. The van der Waals surface area contributed by atoms with E-state index in [0.29, 0.717) is 16.0 Å². The molecular formula is C23H21ClN6O3S. The molecule has 0 bridgehead atoms. The van der Waals surface area contributed by atoms with Gasteiger partial charge in [-0.25, -0.2) is 4.79 Å². The van der Waals surface area contributed by atoms with Crippen LogP contribution in [0, 0.1) is 6.92 Å². The third kappa shape index (κ3) is 4.17. The molecule has 11 heteroatoms. The van der Waals surface area contributed by atoms with E-state index in [-0.39, 0.29) is 17.1 Å². The second-order valence-corrected chi connectivity index (χ2v) is 8.99. The van der Waals surface area contributed by atoms with E-state index in [2.05, 4.69) is 10.2 Å². The molecule has 0 saturated carbocycles. The van der Waals surface area contributed by atoms with Gasteiger partial charge in [0.15, 0.2) is 16.8 Å². The van der Waals surface area contributed by atoms with Crippen molar-refractivity contribution < 1.29 is 4.79 Å². The van der Waals surface area contributed by atoms with Crippen molar-refractivity contribution in [1.29, 1.82) is 0 Å². The number of ketones is 1. The van der Waals surface area contributed by atoms with Gasteiger partial charge in [-0.05, 0) is 42.8 Å². The molecule has 4 aromatic rings. The summed E-state index contributed by atoms with van der Waals surface area (Å²) in [6, 6.07) is 15.0. The largest absolute Gasteiger partial charge is 0.384 e. The zero-order chi connectivity index (χ0) is 24.6. The predicted octanol–water partition coefficient (Wildman–Crippen LogP) is 2.85. The fourth-order valence-corrected chi connectivity index (χ4v) is 4.45. The number of thioether (sulfide) groups is 1. The van der Waals surface area contributed by atoms with E-state index in [9.17, 15) is 14.4 Å². The highest BCUT2D eigenvalue weighted by Crippen LogP contribution is 2.30. The van der Waals surface area contributed by atoms with Crippen LogP contribution < -0.4 is 17.0 Å². The molecule has 34 heavy (non-hydrogen) atoms. The van der Waals surface area contributed by atoms with Gasteiger partial charge in [0, 0.05) is 24.7 Å². The molecule has 0 saturated heterocycles. The molecule has 0 radical (unpaired) electrons. The number of halogens is 1. The van der Waals surface area contributed by atoms with Crippen LogP contribution in [-0.4, -0.2) is 35.4 Å². The number of benzene rings is 2. The van der Waals surface area contributed by atoms with Gasteiger partial charge in [-0.1, -0.05) is 41.6 Å². The Morgan fingerprint density at radius 2 is 1.71 bits per heavy atom. The number of para-hydroxylation sites is 1. The van der Waals surface area contributed by atoms with Crippen molar-refractivity contribution in [2.75, 3.05) is 11.5 Å². The van der Waals surface area contributed by atoms with Crippen LogP contribution in [-0.2, 0) is 14.1 Å². The number of rotatable bonds is 6. The number of carbonyl (C=O) groups is 1. The number of hydrogen-bond acceptors (Lipinski definition) is 7. The molecule has 2 aromatic carbocycles. The zero-order valence-corrected chi connectivity index (χ0v) is 20.2. The van der Waals surface area contributed by atoms with E-state index in [1.165, 1.54) is 14.1 Å². The Kier molecular flexibility index (Phi) is 6.45. The molecule has 4 rings (SSSR count). The normalized spacial score (nSPS) is 11.1. The maximum absolute atomic E-state index is 13.0. The highest BCUT2D eigenvalue weighted by molar-refractivity contribution is 7.99. The summed E-state index contributed by atoms with van der Waals surface area (Å²) in [6.07, 6.45) is 0. The number of aryl methyl sites for hydroxylation is 1. The quantitative estimate of drug-likeness (QED) is 0.322. The van der Waals surface area contributed by atoms with Gasteiger partial charge in [0.1, 0.15) is 11.4 Å². The smallest absolute Gasteiger partial charge is 0.332 e. The molecule has 2 N–H and O–H groups in total. The van der Waals surface area contributed by atoms with Crippen LogP contribution in [0.2, 0.25) is 5.02 Å². The second-order valence-electron chi connectivity index (χ2n) is 7.61. The molecular weight excluding hydrogens is 476 g/mol. The molecule has 0 atom stereocenters. The van der Waals surface area contributed by atoms with Gasteiger partial charge >= 0.3 is 5.69 Å². The lowest BCUT2D eigenvalue weighted by Crippen LogP contribution is -2.41. The Hall–Kier alpha value is -3.63. The van der Waals surface area contributed by atoms with Gasteiger partial charge in [-0.3, -0.25) is 23.3 Å². The number of nitrogens with zero attached hydrogens (tertiary/aromatic N) is 5. The van der Waals surface area contributed by atoms with E-state index < -0.39 is 17.0 Å². The highest BCUT2D eigenvalue weighted by atomic mass is 35.5. The average molecular weight is 497 g/mol. The van der Waals surface area contributed by atoms with E-state index in [1.807, 2.05) is 47.9 Å². The lowest BCUT2D eigenvalue weighted by atomic mass is 10.1. The zero-order valence-electron chi connectivity index (χ0n) is 18.7. The molecule has 9 nitrogen and oxygen atoms in total. The number of Topliss-reactive ketones (excluding diaryl/α,β-unsaturated/α-hetero) is 1. The summed E-state index contributed by atoms with van der Waals surface area (Å²) >= 11 is 7.17. The molecule has 0 aliphatic carbocycles. The summed E-state index contributed by atoms with van der Waals surface area (Å²) in [5.41, 5.74) is 7.02. The van der Waals surface area contributed by atoms with Gasteiger partial charge in [-0.15, -0.1) is 10.2 Å². The predicted molar refractivity (Wildman–Crippen MR) is 133 cm³/mol. The van der Waals surface area contributed by atoms with Crippen molar-refractivity contribution >= 4 is 35.0 Å². The van der Waals surface area contributed by atoms with E-state index >= 15 is 0 Å². The maximum atomic E-state index is 13.0. The topological polar surface area (TPSA) is 118 Å². The minimum atomic E-state index is -0.728. The summed E-state index contributed by atoms with van der Waals surface area (Å²) in [6.45, 7) is 1.97. The van der Waals surface area contributed by atoms with E-state index in [0.717, 1.165) is 37.7 Å². The third-order valence-electron chi connectivity index (χ3n) is 5.41. The van der Waals surface area contributed by atoms with Crippen molar-refractivity contribution in [2.45, 2.75) is 12.1 Å². The maximum Gasteiger partial charge on any atom is 0.332 e. The lowest BCUT2D eigenvalue weighted by Gasteiger charge is -2.13. The van der Waals surface area contributed by atoms with Gasteiger partial charge in [0.05, 0.1) is 11.4 Å². The fraction of sp³-hybridized carbons (Fsp3) is 0.174. The first-order chi connectivity index (χ1) is 16.2. The number of nitrogens with two attached hydrogens (primary N) is 1. The molecule has 0 amide bonds. The first-order valence-corrected chi connectivity index (χ1v) is 11.6. The van der Waals surface area contributed by atoms with Crippen LogP contribution >= 0.6 is 23.4 Å². The van der Waals surface area contributed by atoms with Gasteiger partial charge in [0.2, 0.25) is 0 Å². The van der Waals surface area contributed by atoms with Crippen LogP contribution in [0.4, 0.5) is 5.82 Å². The number of carbonyl (C=O) groups excluding carboxylic acids is 1. The fourth-order valence-electron chi connectivity index (χ4n) is 3.51. The molecule has 0 unspecified atom stereocenters. The first-order valence-electron chi connectivity index (χ1n) is 10.2. The van der Waals surface area contributed by atoms with E-state index in [1.54, 1.807) is 12.1 Å². The summed E-state index contributed by atoms with van der Waals surface area (Å²) < 4.78 is 3.80.